The molecule has 0 radical (unpaired) electrons. The highest BCUT2D eigenvalue weighted by Gasteiger charge is 2.17. The van der Waals surface area contributed by atoms with Crippen molar-refractivity contribution in [2.45, 2.75) is 22.6 Å². The molecule has 2 aromatic rings. The number of thioether (sulfide) groups is 2. The van der Waals surface area contributed by atoms with Gasteiger partial charge in [-0.1, -0.05) is 23.9 Å². The third kappa shape index (κ3) is 4.60. The van der Waals surface area contributed by atoms with Gasteiger partial charge in [0, 0.05) is 11.3 Å². The molecule has 1 aromatic heterocycles. The average molecular weight is 343 g/mol. The van der Waals surface area contributed by atoms with Crippen molar-refractivity contribution in [1.82, 2.24) is 10.3 Å². The molecule has 0 aliphatic carbocycles. The monoisotopic (exact) mass is 342 g/mol. The van der Waals surface area contributed by atoms with Crippen molar-refractivity contribution in [3.05, 3.63) is 24.3 Å². The van der Waals surface area contributed by atoms with Gasteiger partial charge in [-0.05, 0) is 25.3 Å². The van der Waals surface area contributed by atoms with Crippen LogP contribution in [-0.2, 0) is 4.79 Å². The Morgan fingerprint density at radius 3 is 2.90 bits per heavy atom. The van der Waals surface area contributed by atoms with E-state index in [1.54, 1.807) is 23.1 Å². The summed E-state index contributed by atoms with van der Waals surface area (Å²) in [5, 5.41) is 12.2. The number of carbonyl (C=O) groups excluding carboxylic acids is 1. The highest BCUT2D eigenvalue weighted by molar-refractivity contribution is 8.01. The van der Waals surface area contributed by atoms with Gasteiger partial charge in [0.1, 0.15) is 0 Å². The quantitative estimate of drug-likeness (QED) is 0.758. The van der Waals surface area contributed by atoms with E-state index in [4.69, 9.17) is 0 Å². The number of amides is 1. The number of aromatic nitrogens is 1. The van der Waals surface area contributed by atoms with Crippen molar-refractivity contribution in [1.29, 1.82) is 0 Å². The molecular formula is C14H18N2O2S3. The molecule has 0 aliphatic rings. The highest BCUT2D eigenvalue weighted by Crippen LogP contribution is 2.29. The first-order valence-corrected chi connectivity index (χ1v) is 9.64. The largest absolute Gasteiger partial charge is 0.395 e. The van der Waals surface area contributed by atoms with Gasteiger partial charge in [-0.3, -0.25) is 4.79 Å². The molecule has 114 valence electrons. The van der Waals surface area contributed by atoms with Gasteiger partial charge in [-0.2, -0.15) is 11.8 Å². The molecule has 2 N–H and O–H groups in total. The second-order valence-corrected chi connectivity index (χ2v) is 7.88. The summed E-state index contributed by atoms with van der Waals surface area (Å²) in [6.45, 7) is 1.98. The molecule has 4 nitrogen and oxygen atoms in total. The molecule has 2 atom stereocenters. The fraction of sp³-hybridized carbons (Fsp3) is 0.429. The van der Waals surface area contributed by atoms with Crippen LogP contribution in [-0.4, -0.2) is 45.9 Å². The van der Waals surface area contributed by atoms with Gasteiger partial charge in [0.25, 0.3) is 0 Å². The van der Waals surface area contributed by atoms with Crippen molar-refractivity contribution >= 4 is 51.0 Å². The lowest BCUT2D eigenvalue weighted by atomic mass is 10.2. The van der Waals surface area contributed by atoms with Gasteiger partial charge in [-0.15, -0.1) is 11.3 Å². The Balaban J connectivity index is 1.86. The number of para-hydroxylation sites is 1. The number of hydrogen-bond donors (Lipinski definition) is 2. The molecular weight excluding hydrogens is 324 g/mol. The van der Waals surface area contributed by atoms with E-state index in [2.05, 4.69) is 10.3 Å². The maximum absolute atomic E-state index is 11.9. The Morgan fingerprint density at radius 1 is 1.48 bits per heavy atom. The average Bonchev–Trinajstić information content (AvgIpc) is 2.89. The van der Waals surface area contributed by atoms with E-state index >= 15 is 0 Å². The molecule has 0 aliphatic heterocycles. The van der Waals surface area contributed by atoms with E-state index < -0.39 is 0 Å². The van der Waals surface area contributed by atoms with Crippen molar-refractivity contribution in [3.63, 3.8) is 0 Å². The van der Waals surface area contributed by atoms with Crippen molar-refractivity contribution in [2.75, 3.05) is 18.6 Å². The first-order chi connectivity index (χ1) is 10.1. The Hall–Kier alpha value is -0.760. The molecule has 0 saturated heterocycles. The fourth-order valence-corrected chi connectivity index (χ4v) is 4.37. The summed E-state index contributed by atoms with van der Waals surface area (Å²) in [6.07, 6.45) is 1.93. The Labute approximate surface area is 136 Å². The van der Waals surface area contributed by atoms with Crippen molar-refractivity contribution in [2.24, 2.45) is 0 Å². The second kappa shape index (κ2) is 8.03. The maximum Gasteiger partial charge on any atom is 0.230 e. The molecule has 0 spiro atoms. The van der Waals surface area contributed by atoms with Crippen molar-refractivity contribution in [3.8, 4) is 0 Å². The lowest BCUT2D eigenvalue weighted by molar-refractivity contribution is -0.119. The van der Waals surface area contributed by atoms with Crippen LogP contribution in [0.3, 0.4) is 0 Å². The number of aliphatic hydroxyl groups is 1. The van der Waals surface area contributed by atoms with E-state index in [1.165, 1.54) is 11.8 Å². The minimum Gasteiger partial charge on any atom is -0.395 e. The third-order valence-corrected chi connectivity index (χ3v) is 6.37. The summed E-state index contributed by atoms with van der Waals surface area (Å²) in [5.41, 5.74) is 0.974. The number of benzene rings is 1. The zero-order valence-corrected chi connectivity index (χ0v) is 14.4. The van der Waals surface area contributed by atoms with Crippen LogP contribution in [0, 0.1) is 0 Å². The van der Waals surface area contributed by atoms with Crippen LogP contribution < -0.4 is 5.32 Å². The van der Waals surface area contributed by atoms with E-state index in [0.29, 0.717) is 5.75 Å². The normalized spacial score (nSPS) is 14.0. The Morgan fingerprint density at radius 2 is 2.24 bits per heavy atom. The summed E-state index contributed by atoms with van der Waals surface area (Å²) in [4.78, 5) is 16.4. The predicted molar refractivity (Wildman–Crippen MR) is 92.3 cm³/mol. The molecule has 1 amide bonds. The molecule has 2 rings (SSSR count). The Bertz CT molecular complexity index is 566. The Kier molecular flexibility index (Phi) is 6.35. The van der Waals surface area contributed by atoms with E-state index in [-0.39, 0.29) is 23.8 Å². The zero-order chi connectivity index (χ0) is 15.2. The number of fused-ring (bicyclic) bond motifs is 1. The summed E-state index contributed by atoms with van der Waals surface area (Å²) in [7, 11) is 0. The number of aliphatic hydroxyl groups excluding tert-OH is 1. The van der Waals surface area contributed by atoms with Gasteiger partial charge in [-0.25, -0.2) is 4.98 Å². The van der Waals surface area contributed by atoms with Crippen LogP contribution in [0.2, 0.25) is 0 Å². The van der Waals surface area contributed by atoms with Gasteiger partial charge >= 0.3 is 0 Å². The fourth-order valence-electron chi connectivity index (χ4n) is 1.87. The summed E-state index contributed by atoms with van der Waals surface area (Å²) >= 11 is 4.61. The van der Waals surface area contributed by atoms with Crippen LogP contribution in [0.4, 0.5) is 0 Å². The maximum atomic E-state index is 11.9. The zero-order valence-electron chi connectivity index (χ0n) is 11.9. The summed E-state index contributed by atoms with van der Waals surface area (Å²) in [6, 6.07) is 7.91. The topological polar surface area (TPSA) is 62.2 Å². The summed E-state index contributed by atoms with van der Waals surface area (Å²) < 4.78 is 2.04. The van der Waals surface area contributed by atoms with Gasteiger partial charge in [0.05, 0.1) is 22.6 Å². The lowest BCUT2D eigenvalue weighted by Gasteiger charge is -2.21. The smallest absolute Gasteiger partial charge is 0.230 e. The molecule has 0 fully saturated rings. The van der Waals surface area contributed by atoms with Crippen LogP contribution in [0.1, 0.15) is 6.92 Å². The minimum absolute atomic E-state index is 0.0285. The third-order valence-electron chi connectivity index (χ3n) is 3.03. The van der Waals surface area contributed by atoms with Crippen molar-refractivity contribution < 1.29 is 9.90 Å². The number of thiazole rings is 1. The number of rotatable bonds is 7. The van der Waals surface area contributed by atoms with E-state index in [0.717, 1.165) is 14.6 Å². The van der Waals surface area contributed by atoms with Gasteiger partial charge in [0.15, 0.2) is 4.34 Å². The second-order valence-electron chi connectivity index (χ2n) is 4.55. The van der Waals surface area contributed by atoms with E-state index in [1.807, 2.05) is 37.4 Å². The van der Waals surface area contributed by atoms with Crippen LogP contribution >= 0.6 is 34.9 Å². The first-order valence-electron chi connectivity index (χ1n) is 6.55. The number of nitrogens with one attached hydrogen (secondary N) is 1. The number of carbonyl (C=O) groups is 1. The SMILES string of the molecule is CSC(CO)C(C)NC(=O)CSc1nc2ccccc2s1. The molecule has 1 aromatic carbocycles. The standard InChI is InChI=1S/C14H18N2O2S3/c1-9(12(7-17)19-2)15-13(18)8-20-14-16-10-5-3-4-6-11(10)21-14/h3-6,9,12,17H,7-8H2,1-2H3,(H,15,18). The summed E-state index contributed by atoms with van der Waals surface area (Å²) in [5.74, 6) is 0.315. The van der Waals surface area contributed by atoms with Crippen LogP contribution in [0.25, 0.3) is 10.2 Å². The molecule has 0 saturated carbocycles. The minimum atomic E-state index is -0.0477. The molecule has 2 unspecified atom stereocenters. The van der Waals surface area contributed by atoms with Crippen LogP contribution in [0.5, 0.6) is 0 Å². The molecule has 21 heavy (non-hydrogen) atoms. The molecule has 1 heterocycles. The van der Waals surface area contributed by atoms with Gasteiger partial charge in [0.2, 0.25) is 5.91 Å². The lowest BCUT2D eigenvalue weighted by Crippen LogP contribution is -2.42. The highest BCUT2D eigenvalue weighted by atomic mass is 32.2. The van der Waals surface area contributed by atoms with Gasteiger partial charge < -0.3 is 10.4 Å². The molecule has 7 heteroatoms. The van der Waals surface area contributed by atoms with E-state index in [9.17, 15) is 9.90 Å². The number of hydrogen-bond acceptors (Lipinski definition) is 6. The first kappa shape index (κ1) is 16.6. The van der Waals surface area contributed by atoms with Crippen LogP contribution in [0.15, 0.2) is 28.6 Å². The molecule has 0 bridgehead atoms. The predicted octanol–water partition coefficient (Wildman–Crippen LogP) is 2.62. The number of nitrogens with zero attached hydrogens (tertiary/aromatic N) is 1.